The smallest absolute Gasteiger partial charge is 0.243 e. The van der Waals surface area contributed by atoms with Gasteiger partial charge in [0.05, 0.1) is 4.87 Å². The second kappa shape index (κ2) is 5.13. The fourth-order valence-electron chi connectivity index (χ4n) is 2.92. The highest BCUT2D eigenvalue weighted by Crippen LogP contribution is 2.47. The fourth-order valence-corrected chi connectivity index (χ4v) is 4.35. The summed E-state index contributed by atoms with van der Waals surface area (Å²) in [6, 6.07) is 9.50. The molecule has 106 valence electrons. The van der Waals surface area contributed by atoms with E-state index in [-0.39, 0.29) is 22.7 Å². The van der Waals surface area contributed by atoms with Crippen molar-refractivity contribution in [3.8, 4) is 0 Å². The minimum absolute atomic E-state index is 0.0414. The van der Waals surface area contributed by atoms with Crippen LogP contribution in [0.15, 0.2) is 30.3 Å². The number of fused-ring (bicyclic) bond motifs is 1. The Morgan fingerprint density at radius 2 is 2.20 bits per heavy atom. The highest BCUT2D eigenvalue weighted by molar-refractivity contribution is 8.01. The molecule has 0 aliphatic carbocycles. The first-order valence-electron chi connectivity index (χ1n) is 6.88. The molecule has 0 radical (unpaired) electrons. The topological polar surface area (TPSA) is 49.4 Å². The van der Waals surface area contributed by atoms with E-state index in [1.165, 1.54) is 0 Å². The number of benzene rings is 1. The minimum Gasteiger partial charge on any atom is -0.350 e. The van der Waals surface area contributed by atoms with Gasteiger partial charge in [-0.05, 0) is 18.9 Å². The lowest BCUT2D eigenvalue weighted by Gasteiger charge is -2.29. The summed E-state index contributed by atoms with van der Waals surface area (Å²) in [5.74, 6) is 0.765. The SMILES string of the molecule is C[C@]12CCC(=O)N1[C@H](C(=O)NCc1ccccc1)CS2. The van der Waals surface area contributed by atoms with Gasteiger partial charge in [-0.1, -0.05) is 30.3 Å². The number of carbonyl (C=O) groups excluding carboxylic acids is 2. The van der Waals surface area contributed by atoms with Gasteiger partial charge in [-0.3, -0.25) is 9.59 Å². The Kier molecular flexibility index (Phi) is 3.46. The van der Waals surface area contributed by atoms with Crippen LogP contribution in [0.25, 0.3) is 0 Å². The van der Waals surface area contributed by atoms with E-state index < -0.39 is 0 Å². The van der Waals surface area contributed by atoms with Gasteiger partial charge in [-0.2, -0.15) is 0 Å². The predicted molar refractivity (Wildman–Crippen MR) is 79.0 cm³/mol. The molecule has 3 rings (SSSR count). The van der Waals surface area contributed by atoms with Crippen LogP contribution in [0.1, 0.15) is 25.3 Å². The average molecular weight is 290 g/mol. The zero-order valence-corrected chi connectivity index (χ0v) is 12.3. The molecule has 2 aliphatic rings. The molecule has 2 fully saturated rings. The lowest BCUT2D eigenvalue weighted by Crippen LogP contribution is -2.49. The van der Waals surface area contributed by atoms with Crippen molar-refractivity contribution in [3.63, 3.8) is 0 Å². The van der Waals surface area contributed by atoms with Gasteiger partial charge in [-0.15, -0.1) is 11.8 Å². The third-order valence-electron chi connectivity index (χ3n) is 4.06. The third kappa shape index (κ3) is 2.30. The Labute approximate surface area is 122 Å². The zero-order chi connectivity index (χ0) is 14.2. The maximum absolute atomic E-state index is 12.3. The second-order valence-electron chi connectivity index (χ2n) is 5.47. The van der Waals surface area contributed by atoms with E-state index in [1.807, 2.05) is 30.3 Å². The predicted octanol–water partition coefficient (Wildman–Crippen LogP) is 1.76. The molecule has 5 heteroatoms. The van der Waals surface area contributed by atoms with Gasteiger partial charge >= 0.3 is 0 Å². The molecule has 1 aromatic rings. The molecule has 2 atom stereocenters. The lowest BCUT2D eigenvalue weighted by molar-refractivity contribution is -0.138. The molecule has 0 bridgehead atoms. The van der Waals surface area contributed by atoms with E-state index in [0.717, 1.165) is 12.0 Å². The van der Waals surface area contributed by atoms with E-state index in [4.69, 9.17) is 0 Å². The van der Waals surface area contributed by atoms with Crippen LogP contribution < -0.4 is 5.32 Å². The Bertz CT molecular complexity index is 534. The highest BCUT2D eigenvalue weighted by Gasteiger charge is 2.52. The Morgan fingerprint density at radius 1 is 1.45 bits per heavy atom. The molecule has 1 N–H and O–H groups in total. The van der Waals surface area contributed by atoms with Gasteiger partial charge in [0.1, 0.15) is 6.04 Å². The van der Waals surface area contributed by atoms with Crippen LogP contribution in [0.2, 0.25) is 0 Å². The molecular weight excluding hydrogens is 272 g/mol. The number of nitrogens with one attached hydrogen (secondary N) is 1. The summed E-state index contributed by atoms with van der Waals surface area (Å²) < 4.78 is 0. The monoisotopic (exact) mass is 290 g/mol. The van der Waals surface area contributed by atoms with Crippen molar-refractivity contribution in [1.82, 2.24) is 10.2 Å². The molecular formula is C15H18N2O2S. The fraction of sp³-hybridized carbons (Fsp3) is 0.467. The molecule has 1 aromatic carbocycles. The Hall–Kier alpha value is -1.49. The number of nitrogens with zero attached hydrogens (tertiary/aromatic N) is 1. The summed E-state index contributed by atoms with van der Waals surface area (Å²) in [5, 5.41) is 2.95. The number of rotatable bonds is 3. The maximum Gasteiger partial charge on any atom is 0.243 e. The van der Waals surface area contributed by atoms with Crippen molar-refractivity contribution >= 4 is 23.6 Å². The van der Waals surface area contributed by atoms with Gasteiger partial charge in [0.2, 0.25) is 11.8 Å². The van der Waals surface area contributed by atoms with Crippen molar-refractivity contribution in [1.29, 1.82) is 0 Å². The quantitative estimate of drug-likeness (QED) is 0.923. The van der Waals surface area contributed by atoms with Crippen molar-refractivity contribution in [2.45, 2.75) is 37.2 Å². The first-order valence-corrected chi connectivity index (χ1v) is 7.86. The summed E-state index contributed by atoms with van der Waals surface area (Å²) in [7, 11) is 0. The van der Waals surface area contributed by atoms with Crippen LogP contribution in [0, 0.1) is 0 Å². The molecule has 2 heterocycles. The summed E-state index contributed by atoms with van der Waals surface area (Å²) in [4.78, 5) is 25.9. The molecule has 0 saturated carbocycles. The molecule has 2 aliphatic heterocycles. The van der Waals surface area contributed by atoms with E-state index >= 15 is 0 Å². The van der Waals surface area contributed by atoms with Crippen LogP contribution in [0.4, 0.5) is 0 Å². The Balaban J connectivity index is 1.65. The van der Waals surface area contributed by atoms with Crippen molar-refractivity contribution in [3.05, 3.63) is 35.9 Å². The molecule has 0 aromatic heterocycles. The Morgan fingerprint density at radius 3 is 2.95 bits per heavy atom. The number of hydrogen-bond donors (Lipinski definition) is 1. The van der Waals surface area contributed by atoms with E-state index in [9.17, 15) is 9.59 Å². The first-order chi connectivity index (χ1) is 9.60. The molecule has 2 amide bonds. The molecule has 20 heavy (non-hydrogen) atoms. The van der Waals surface area contributed by atoms with Gasteiger partial charge in [0, 0.05) is 18.7 Å². The van der Waals surface area contributed by atoms with E-state index in [1.54, 1.807) is 16.7 Å². The standard InChI is InChI=1S/C15H18N2O2S/c1-15-8-7-13(18)17(15)12(10-20-15)14(19)16-9-11-5-3-2-4-6-11/h2-6,12H,7-10H2,1H3,(H,16,19)/t12-,15-/m0/s1. The van der Waals surface area contributed by atoms with E-state index in [2.05, 4.69) is 12.2 Å². The van der Waals surface area contributed by atoms with E-state index in [0.29, 0.717) is 18.7 Å². The summed E-state index contributed by atoms with van der Waals surface area (Å²) in [6.07, 6.45) is 1.41. The molecule has 0 spiro atoms. The summed E-state index contributed by atoms with van der Waals surface area (Å²) in [6.45, 7) is 2.58. The molecule has 2 saturated heterocycles. The lowest BCUT2D eigenvalue weighted by atomic mass is 10.2. The van der Waals surface area contributed by atoms with Crippen molar-refractivity contribution < 1.29 is 9.59 Å². The molecule has 0 unspecified atom stereocenters. The van der Waals surface area contributed by atoms with Crippen molar-refractivity contribution in [2.24, 2.45) is 0 Å². The van der Waals surface area contributed by atoms with Crippen LogP contribution in [-0.4, -0.2) is 33.4 Å². The van der Waals surface area contributed by atoms with Gasteiger partial charge in [0.15, 0.2) is 0 Å². The van der Waals surface area contributed by atoms with Crippen LogP contribution in [0.3, 0.4) is 0 Å². The number of hydrogen-bond acceptors (Lipinski definition) is 3. The zero-order valence-electron chi connectivity index (χ0n) is 11.5. The largest absolute Gasteiger partial charge is 0.350 e. The first kappa shape index (κ1) is 13.5. The number of thioether (sulfide) groups is 1. The second-order valence-corrected chi connectivity index (χ2v) is 6.97. The number of carbonyl (C=O) groups is 2. The van der Waals surface area contributed by atoms with Crippen LogP contribution >= 0.6 is 11.8 Å². The molecule has 4 nitrogen and oxygen atoms in total. The average Bonchev–Trinajstić information content (AvgIpc) is 2.95. The highest BCUT2D eigenvalue weighted by atomic mass is 32.2. The maximum atomic E-state index is 12.3. The van der Waals surface area contributed by atoms with Crippen LogP contribution in [-0.2, 0) is 16.1 Å². The minimum atomic E-state index is -0.316. The summed E-state index contributed by atoms with van der Waals surface area (Å²) >= 11 is 1.72. The number of amides is 2. The van der Waals surface area contributed by atoms with Gasteiger partial charge in [0.25, 0.3) is 0 Å². The van der Waals surface area contributed by atoms with Gasteiger partial charge in [-0.25, -0.2) is 0 Å². The summed E-state index contributed by atoms with van der Waals surface area (Å²) in [5.41, 5.74) is 1.07. The van der Waals surface area contributed by atoms with Gasteiger partial charge < -0.3 is 10.2 Å². The van der Waals surface area contributed by atoms with Crippen LogP contribution in [0.5, 0.6) is 0 Å². The van der Waals surface area contributed by atoms with Crippen molar-refractivity contribution in [2.75, 3.05) is 5.75 Å². The third-order valence-corrected chi connectivity index (χ3v) is 5.56. The normalized spacial score (nSPS) is 28.6.